The first kappa shape index (κ1) is 18.0. The van der Waals surface area contributed by atoms with E-state index in [-0.39, 0.29) is 0 Å². The van der Waals surface area contributed by atoms with Crippen molar-refractivity contribution in [3.05, 3.63) is 53.1 Å². The molecule has 3 aromatic rings. The lowest BCUT2D eigenvalue weighted by molar-refractivity contribution is 0.696. The number of hydrogen-bond donors (Lipinski definition) is 0. The van der Waals surface area contributed by atoms with Crippen LogP contribution in [0.15, 0.2) is 36.4 Å². The van der Waals surface area contributed by atoms with E-state index < -0.39 is 0 Å². The second-order valence-corrected chi connectivity index (χ2v) is 8.08. The summed E-state index contributed by atoms with van der Waals surface area (Å²) >= 11 is 0. The highest BCUT2D eigenvalue weighted by molar-refractivity contribution is 6.01. The maximum atomic E-state index is 4.77. The van der Waals surface area contributed by atoms with E-state index in [0.29, 0.717) is 0 Å². The van der Waals surface area contributed by atoms with Gasteiger partial charge in [-0.2, -0.15) is 0 Å². The van der Waals surface area contributed by atoms with Crippen molar-refractivity contribution in [1.29, 1.82) is 0 Å². The molecule has 1 saturated carbocycles. The Kier molecular flexibility index (Phi) is 4.86. The van der Waals surface area contributed by atoms with Crippen molar-refractivity contribution < 1.29 is 0 Å². The molecule has 1 fully saturated rings. The Morgan fingerprint density at radius 1 is 0.963 bits per heavy atom. The Morgan fingerprint density at radius 2 is 1.63 bits per heavy atom. The van der Waals surface area contributed by atoms with Crippen molar-refractivity contribution >= 4 is 16.6 Å². The highest BCUT2D eigenvalue weighted by atomic mass is 15.3. The van der Waals surface area contributed by atoms with Crippen LogP contribution in [0.25, 0.3) is 22.0 Å². The van der Waals surface area contributed by atoms with Crippen LogP contribution in [0.4, 0.5) is 5.82 Å². The van der Waals surface area contributed by atoms with E-state index in [1.165, 1.54) is 45.9 Å². The van der Waals surface area contributed by atoms with E-state index in [0.717, 1.165) is 36.9 Å². The first-order valence-corrected chi connectivity index (χ1v) is 10.2. The third-order valence-electron chi connectivity index (χ3n) is 5.55. The summed E-state index contributed by atoms with van der Waals surface area (Å²) in [5, 5.41) is 12.0. The van der Waals surface area contributed by atoms with Gasteiger partial charge in [-0.15, -0.1) is 10.2 Å². The molecule has 3 nitrogen and oxygen atoms in total. The van der Waals surface area contributed by atoms with Crippen LogP contribution in [0.5, 0.6) is 0 Å². The molecule has 0 unspecified atom stereocenters. The molecule has 0 spiro atoms. The van der Waals surface area contributed by atoms with Crippen LogP contribution in [-0.4, -0.2) is 23.3 Å². The van der Waals surface area contributed by atoms with Gasteiger partial charge in [0, 0.05) is 29.4 Å². The number of benzene rings is 2. The largest absolute Gasteiger partial charge is 0.354 e. The molecule has 27 heavy (non-hydrogen) atoms. The van der Waals surface area contributed by atoms with E-state index in [2.05, 4.69) is 69.0 Å². The summed E-state index contributed by atoms with van der Waals surface area (Å²) in [7, 11) is 0. The van der Waals surface area contributed by atoms with Gasteiger partial charge in [0.25, 0.3) is 0 Å². The Morgan fingerprint density at radius 3 is 2.26 bits per heavy atom. The molecule has 1 aromatic heterocycles. The summed E-state index contributed by atoms with van der Waals surface area (Å²) in [5.41, 5.74) is 6.06. The summed E-state index contributed by atoms with van der Waals surface area (Å²) in [6, 6.07) is 13.1. The van der Waals surface area contributed by atoms with Gasteiger partial charge in [0.05, 0.1) is 0 Å². The van der Waals surface area contributed by atoms with Crippen molar-refractivity contribution in [3.8, 4) is 11.3 Å². The Bertz CT molecular complexity index is 950. The van der Waals surface area contributed by atoms with Crippen LogP contribution < -0.4 is 4.90 Å². The Hall–Kier alpha value is -2.42. The predicted octanol–water partition coefficient (Wildman–Crippen LogP) is 5.85. The van der Waals surface area contributed by atoms with Gasteiger partial charge >= 0.3 is 0 Å². The summed E-state index contributed by atoms with van der Waals surface area (Å²) in [6.45, 7) is 10.9. The van der Waals surface area contributed by atoms with E-state index in [1.54, 1.807) is 0 Å². The van der Waals surface area contributed by atoms with Crippen LogP contribution in [-0.2, 0) is 0 Å². The topological polar surface area (TPSA) is 29.0 Å². The summed E-state index contributed by atoms with van der Waals surface area (Å²) in [6.07, 6.45) is 3.83. The summed E-state index contributed by atoms with van der Waals surface area (Å²) in [5.74, 6) is 1.88. The molecule has 3 heteroatoms. The van der Waals surface area contributed by atoms with Crippen LogP contribution >= 0.6 is 0 Å². The van der Waals surface area contributed by atoms with Crippen molar-refractivity contribution in [2.24, 2.45) is 5.92 Å². The van der Waals surface area contributed by atoms with Gasteiger partial charge in [0.2, 0.25) is 0 Å². The molecule has 0 bridgehead atoms. The van der Waals surface area contributed by atoms with E-state index in [1.807, 2.05) is 0 Å². The molecule has 2 aromatic carbocycles. The molecule has 140 valence electrons. The van der Waals surface area contributed by atoms with Crippen LogP contribution in [0.3, 0.4) is 0 Å². The van der Waals surface area contributed by atoms with Crippen LogP contribution in [0, 0.1) is 26.7 Å². The number of rotatable bonds is 6. The monoisotopic (exact) mass is 359 g/mol. The predicted molar refractivity (Wildman–Crippen MR) is 114 cm³/mol. The minimum absolute atomic E-state index is 0.832. The highest BCUT2D eigenvalue weighted by Gasteiger charge is 2.26. The zero-order valence-electron chi connectivity index (χ0n) is 16.9. The van der Waals surface area contributed by atoms with Crippen LogP contribution in [0.1, 0.15) is 42.9 Å². The number of nitrogens with zero attached hydrogens (tertiary/aromatic N) is 3. The first-order chi connectivity index (χ1) is 13.1. The number of hydrogen-bond acceptors (Lipinski definition) is 3. The molecular weight excluding hydrogens is 330 g/mol. The average Bonchev–Trinajstić information content (AvgIpc) is 3.45. The summed E-state index contributed by atoms with van der Waals surface area (Å²) in [4.78, 5) is 2.45. The SMILES string of the molecule is CCCN(CC1CC1)c1nnc(-c2c(C)cc(C)cc2C)c2ccccc12. The Labute approximate surface area is 162 Å². The minimum Gasteiger partial charge on any atom is -0.354 e. The zero-order chi connectivity index (χ0) is 19.0. The molecule has 1 aliphatic rings. The maximum absolute atomic E-state index is 4.77. The van der Waals surface area contributed by atoms with Gasteiger partial charge in [0.1, 0.15) is 5.69 Å². The van der Waals surface area contributed by atoms with Gasteiger partial charge in [-0.05, 0) is 57.1 Å². The second-order valence-electron chi connectivity index (χ2n) is 8.08. The molecule has 4 rings (SSSR count). The molecule has 0 amide bonds. The number of aryl methyl sites for hydroxylation is 3. The molecule has 0 saturated heterocycles. The lowest BCUT2D eigenvalue weighted by Crippen LogP contribution is -2.28. The molecule has 0 N–H and O–H groups in total. The van der Waals surface area contributed by atoms with Crippen molar-refractivity contribution in [1.82, 2.24) is 10.2 Å². The molecule has 0 atom stereocenters. The lowest BCUT2D eigenvalue weighted by atomic mass is 9.94. The molecule has 1 heterocycles. The highest BCUT2D eigenvalue weighted by Crippen LogP contribution is 2.37. The molecular formula is C24H29N3. The van der Waals surface area contributed by atoms with Gasteiger partial charge in [-0.25, -0.2) is 0 Å². The number of fused-ring (bicyclic) bond motifs is 1. The molecule has 0 radical (unpaired) electrons. The van der Waals surface area contributed by atoms with E-state index in [4.69, 9.17) is 10.2 Å². The number of aromatic nitrogens is 2. The number of anilines is 1. The van der Waals surface area contributed by atoms with Crippen molar-refractivity contribution in [2.45, 2.75) is 47.0 Å². The lowest BCUT2D eigenvalue weighted by Gasteiger charge is -2.25. The van der Waals surface area contributed by atoms with Gasteiger partial charge < -0.3 is 4.90 Å². The van der Waals surface area contributed by atoms with Crippen molar-refractivity contribution in [3.63, 3.8) is 0 Å². The van der Waals surface area contributed by atoms with Crippen molar-refractivity contribution in [2.75, 3.05) is 18.0 Å². The summed E-state index contributed by atoms with van der Waals surface area (Å²) < 4.78 is 0. The smallest absolute Gasteiger partial charge is 0.159 e. The fraction of sp³-hybridized carbons (Fsp3) is 0.417. The molecule has 0 aliphatic heterocycles. The Balaban J connectivity index is 1.88. The third-order valence-corrected chi connectivity index (χ3v) is 5.55. The van der Waals surface area contributed by atoms with Crippen LogP contribution in [0.2, 0.25) is 0 Å². The fourth-order valence-electron chi connectivity index (χ4n) is 4.23. The minimum atomic E-state index is 0.832. The zero-order valence-corrected chi connectivity index (χ0v) is 16.9. The normalized spacial score (nSPS) is 13.9. The quantitative estimate of drug-likeness (QED) is 0.553. The maximum Gasteiger partial charge on any atom is 0.159 e. The van der Waals surface area contributed by atoms with Gasteiger partial charge in [-0.1, -0.05) is 48.9 Å². The van der Waals surface area contributed by atoms with E-state index >= 15 is 0 Å². The van der Waals surface area contributed by atoms with Gasteiger partial charge in [0.15, 0.2) is 5.82 Å². The standard InChI is InChI=1S/C24H29N3/c1-5-12-27(15-19-10-11-19)24-21-9-7-6-8-20(21)23(25-26-24)22-17(3)13-16(2)14-18(22)4/h6-9,13-14,19H,5,10-12,15H2,1-4H3. The molecule has 1 aliphatic carbocycles. The average molecular weight is 360 g/mol. The second kappa shape index (κ2) is 7.30. The third kappa shape index (κ3) is 3.55. The van der Waals surface area contributed by atoms with E-state index in [9.17, 15) is 0 Å². The van der Waals surface area contributed by atoms with Gasteiger partial charge in [-0.3, -0.25) is 0 Å². The fourth-order valence-corrected chi connectivity index (χ4v) is 4.23. The first-order valence-electron chi connectivity index (χ1n) is 10.2.